The topological polar surface area (TPSA) is 107 Å². The third kappa shape index (κ3) is 4.01. The zero-order valence-corrected chi connectivity index (χ0v) is 13.4. The molecule has 0 aliphatic carbocycles. The Morgan fingerprint density at radius 3 is 2.45 bits per heavy atom. The molecule has 1 aromatic rings. The van der Waals surface area contributed by atoms with E-state index < -0.39 is 44.1 Å². The average Bonchev–Trinajstić information content (AvgIpc) is 2.44. The number of benzene rings is 1. The molecule has 0 heterocycles. The molecule has 0 N–H and O–H groups in total. The lowest BCUT2D eigenvalue weighted by Crippen LogP contribution is -2.41. The molecule has 0 amide bonds. The van der Waals surface area contributed by atoms with Crippen molar-refractivity contribution >= 4 is 21.7 Å². The largest absolute Gasteiger partial charge is 0.465 e. The van der Waals surface area contributed by atoms with Gasteiger partial charge in [0.05, 0.1) is 11.5 Å². The molecule has 1 rings (SSSR count). The molecule has 9 heteroatoms. The predicted octanol–water partition coefficient (Wildman–Crippen LogP) is 1.56. The molecule has 0 atom stereocenters. The SMILES string of the molecule is CCOC(=O)CN(C(C)C)S(=O)(=O)c1ccccc1[N+](=O)[O-]. The van der Waals surface area contributed by atoms with Crippen molar-refractivity contribution in [2.45, 2.75) is 31.7 Å². The Morgan fingerprint density at radius 1 is 1.36 bits per heavy atom. The minimum Gasteiger partial charge on any atom is -0.465 e. The first-order valence-electron chi connectivity index (χ1n) is 6.62. The third-order valence-electron chi connectivity index (χ3n) is 2.81. The van der Waals surface area contributed by atoms with E-state index in [1.807, 2.05) is 0 Å². The zero-order valence-electron chi connectivity index (χ0n) is 12.6. The van der Waals surface area contributed by atoms with Gasteiger partial charge in [-0.15, -0.1) is 0 Å². The molecule has 0 saturated carbocycles. The van der Waals surface area contributed by atoms with Crippen LogP contribution in [0.4, 0.5) is 5.69 Å². The van der Waals surface area contributed by atoms with Crippen molar-refractivity contribution in [3.05, 3.63) is 34.4 Å². The molecular weight excluding hydrogens is 312 g/mol. The van der Waals surface area contributed by atoms with Gasteiger partial charge in [-0.2, -0.15) is 4.31 Å². The molecular formula is C13H18N2O6S. The van der Waals surface area contributed by atoms with Crippen molar-refractivity contribution in [2.24, 2.45) is 0 Å². The number of para-hydroxylation sites is 1. The maximum atomic E-state index is 12.7. The number of nitrogens with zero attached hydrogens (tertiary/aromatic N) is 2. The van der Waals surface area contributed by atoms with Gasteiger partial charge in [-0.3, -0.25) is 14.9 Å². The first-order valence-corrected chi connectivity index (χ1v) is 8.06. The summed E-state index contributed by atoms with van der Waals surface area (Å²) >= 11 is 0. The summed E-state index contributed by atoms with van der Waals surface area (Å²) in [6.07, 6.45) is 0. The Labute approximate surface area is 128 Å². The fourth-order valence-electron chi connectivity index (χ4n) is 1.83. The van der Waals surface area contributed by atoms with Crippen molar-refractivity contribution in [3.8, 4) is 0 Å². The van der Waals surface area contributed by atoms with Gasteiger partial charge in [0.1, 0.15) is 6.54 Å². The van der Waals surface area contributed by atoms with Gasteiger partial charge in [0.25, 0.3) is 15.7 Å². The number of nitro benzene ring substituents is 1. The molecule has 0 aliphatic rings. The van der Waals surface area contributed by atoms with E-state index in [1.165, 1.54) is 12.1 Å². The summed E-state index contributed by atoms with van der Waals surface area (Å²) in [5.41, 5.74) is -0.531. The van der Waals surface area contributed by atoms with E-state index in [9.17, 15) is 23.3 Å². The smallest absolute Gasteiger partial charge is 0.321 e. The van der Waals surface area contributed by atoms with Gasteiger partial charge in [-0.05, 0) is 26.8 Å². The zero-order chi connectivity index (χ0) is 16.9. The summed E-state index contributed by atoms with van der Waals surface area (Å²) < 4.78 is 30.9. The van der Waals surface area contributed by atoms with E-state index in [0.29, 0.717) is 0 Å². The van der Waals surface area contributed by atoms with E-state index in [0.717, 1.165) is 16.4 Å². The van der Waals surface area contributed by atoms with Crippen LogP contribution in [0.2, 0.25) is 0 Å². The van der Waals surface area contributed by atoms with Crippen LogP contribution < -0.4 is 0 Å². The highest BCUT2D eigenvalue weighted by Gasteiger charge is 2.34. The normalized spacial score (nSPS) is 11.7. The Hall–Kier alpha value is -2.00. The highest BCUT2D eigenvalue weighted by molar-refractivity contribution is 7.89. The lowest BCUT2D eigenvalue weighted by Gasteiger charge is -2.24. The van der Waals surface area contributed by atoms with E-state index >= 15 is 0 Å². The highest BCUT2D eigenvalue weighted by atomic mass is 32.2. The molecule has 0 spiro atoms. The second-order valence-corrected chi connectivity index (χ2v) is 6.53. The third-order valence-corrected chi connectivity index (χ3v) is 4.88. The number of carbonyl (C=O) groups excluding carboxylic acids is 1. The molecule has 0 bridgehead atoms. The summed E-state index contributed by atoms with van der Waals surface area (Å²) in [5, 5.41) is 11.0. The van der Waals surface area contributed by atoms with Crippen molar-refractivity contribution in [1.82, 2.24) is 4.31 Å². The number of ether oxygens (including phenoxy) is 1. The molecule has 0 saturated heterocycles. The number of hydrogen-bond acceptors (Lipinski definition) is 6. The van der Waals surface area contributed by atoms with Gasteiger partial charge < -0.3 is 4.74 Å². The number of carbonyl (C=O) groups is 1. The average molecular weight is 330 g/mol. The fraction of sp³-hybridized carbons (Fsp3) is 0.462. The Bertz CT molecular complexity index is 656. The molecule has 122 valence electrons. The van der Waals surface area contributed by atoms with Crippen LogP contribution in [0.25, 0.3) is 0 Å². The van der Waals surface area contributed by atoms with Crippen LogP contribution in [0.1, 0.15) is 20.8 Å². The number of nitro groups is 1. The van der Waals surface area contributed by atoms with Crippen LogP contribution in [0.5, 0.6) is 0 Å². The molecule has 0 unspecified atom stereocenters. The molecule has 8 nitrogen and oxygen atoms in total. The van der Waals surface area contributed by atoms with E-state index in [4.69, 9.17) is 4.74 Å². The summed E-state index contributed by atoms with van der Waals surface area (Å²) in [7, 11) is -4.20. The van der Waals surface area contributed by atoms with Crippen LogP contribution in [-0.2, 0) is 19.6 Å². The highest BCUT2D eigenvalue weighted by Crippen LogP contribution is 2.27. The lowest BCUT2D eigenvalue weighted by atomic mass is 10.3. The van der Waals surface area contributed by atoms with Crippen LogP contribution >= 0.6 is 0 Å². The van der Waals surface area contributed by atoms with Crippen molar-refractivity contribution in [3.63, 3.8) is 0 Å². The standard InChI is InChI=1S/C13H18N2O6S/c1-4-21-13(16)9-14(10(2)3)22(19,20)12-8-6-5-7-11(12)15(17)18/h5-8,10H,4,9H2,1-3H3. The number of sulfonamides is 1. The maximum absolute atomic E-state index is 12.7. The van der Waals surface area contributed by atoms with E-state index in [2.05, 4.69) is 0 Å². The Kier molecular flexibility index (Phi) is 6.01. The quantitative estimate of drug-likeness (QED) is 0.426. The number of esters is 1. The summed E-state index contributed by atoms with van der Waals surface area (Å²) in [5.74, 6) is -0.710. The first kappa shape index (κ1) is 18.1. The summed E-state index contributed by atoms with van der Waals surface area (Å²) in [6, 6.07) is 4.46. The Morgan fingerprint density at radius 2 is 1.95 bits per heavy atom. The molecule has 1 aromatic carbocycles. The molecule has 0 aliphatic heterocycles. The van der Waals surface area contributed by atoms with E-state index in [1.54, 1.807) is 20.8 Å². The maximum Gasteiger partial charge on any atom is 0.321 e. The minimum atomic E-state index is -4.20. The minimum absolute atomic E-state index is 0.121. The van der Waals surface area contributed by atoms with Gasteiger partial charge in [-0.1, -0.05) is 12.1 Å². The van der Waals surface area contributed by atoms with Gasteiger partial charge >= 0.3 is 5.97 Å². The molecule has 0 radical (unpaired) electrons. The number of rotatable bonds is 7. The first-order chi connectivity index (χ1) is 10.2. The molecule has 0 fully saturated rings. The summed E-state index contributed by atoms with van der Waals surface area (Å²) in [6.45, 7) is 4.38. The lowest BCUT2D eigenvalue weighted by molar-refractivity contribution is -0.387. The molecule has 22 heavy (non-hydrogen) atoms. The van der Waals surface area contributed by atoms with Crippen molar-refractivity contribution < 1.29 is 22.9 Å². The van der Waals surface area contributed by atoms with Gasteiger partial charge in [-0.25, -0.2) is 8.42 Å². The second kappa shape index (κ2) is 7.32. The van der Waals surface area contributed by atoms with Crippen molar-refractivity contribution in [1.29, 1.82) is 0 Å². The van der Waals surface area contributed by atoms with Gasteiger partial charge in [0.2, 0.25) is 0 Å². The van der Waals surface area contributed by atoms with Crippen LogP contribution in [0.3, 0.4) is 0 Å². The fourth-order valence-corrected chi connectivity index (χ4v) is 3.57. The van der Waals surface area contributed by atoms with Crippen LogP contribution in [0, 0.1) is 10.1 Å². The van der Waals surface area contributed by atoms with E-state index in [-0.39, 0.29) is 6.61 Å². The predicted molar refractivity (Wildman–Crippen MR) is 78.8 cm³/mol. The Balaban J connectivity index is 3.29. The van der Waals surface area contributed by atoms with Crippen LogP contribution in [-0.4, -0.2) is 42.8 Å². The van der Waals surface area contributed by atoms with Gasteiger partial charge in [0, 0.05) is 12.1 Å². The monoisotopic (exact) mass is 330 g/mol. The van der Waals surface area contributed by atoms with Gasteiger partial charge in [0.15, 0.2) is 4.90 Å². The molecule has 0 aromatic heterocycles. The number of hydrogen-bond donors (Lipinski definition) is 0. The van der Waals surface area contributed by atoms with Crippen LogP contribution in [0.15, 0.2) is 29.2 Å². The summed E-state index contributed by atoms with van der Waals surface area (Å²) in [4.78, 5) is 21.4. The van der Waals surface area contributed by atoms with Crippen molar-refractivity contribution in [2.75, 3.05) is 13.2 Å². The second-order valence-electron chi connectivity index (χ2n) is 4.67.